The molecule has 56 heavy (non-hydrogen) atoms. The molecule has 1 N–H and O–H groups in total. The average Bonchev–Trinajstić information content (AvgIpc) is 3.19. The number of nitrogens with one attached hydrogen (secondary N) is 1. The van der Waals surface area contributed by atoms with Crippen molar-refractivity contribution < 1.29 is 19.1 Å². The molecule has 4 aromatic rings. The number of rotatable bonds is 5. The molecule has 0 atom stereocenters. The van der Waals surface area contributed by atoms with Gasteiger partial charge in [0.2, 0.25) is 0 Å². The number of carbonyl (C=O) groups excluding carboxylic acids is 2. The van der Waals surface area contributed by atoms with Crippen LogP contribution in [0.15, 0.2) is 98.1 Å². The second-order valence-electron chi connectivity index (χ2n) is 14.9. The van der Waals surface area contributed by atoms with E-state index in [0.717, 1.165) is 61.5 Å². The molecule has 14 heteroatoms. The van der Waals surface area contributed by atoms with Crippen molar-refractivity contribution in [3.05, 3.63) is 120 Å². The second-order valence-corrected chi connectivity index (χ2v) is 15.3. The van der Waals surface area contributed by atoms with E-state index in [0.29, 0.717) is 13.1 Å². The first kappa shape index (κ1) is 45.2. The van der Waals surface area contributed by atoms with Crippen molar-refractivity contribution in [2.75, 3.05) is 52.4 Å². The molecule has 13 nitrogen and oxygen atoms in total. The maximum atomic E-state index is 12.3. The molecular weight excluding hydrogens is 730 g/mol. The van der Waals surface area contributed by atoms with Gasteiger partial charge in [-0.2, -0.15) is 5.26 Å². The van der Waals surface area contributed by atoms with Gasteiger partial charge < -0.3 is 24.6 Å². The van der Waals surface area contributed by atoms with Gasteiger partial charge in [0, 0.05) is 109 Å². The Kier molecular flexibility index (Phi) is 18.6. The molecule has 2 saturated heterocycles. The maximum absolute atomic E-state index is 12.3. The van der Waals surface area contributed by atoms with Crippen LogP contribution in [0, 0.1) is 11.3 Å². The van der Waals surface area contributed by atoms with E-state index in [1.54, 1.807) is 53.1 Å². The summed E-state index contributed by atoms with van der Waals surface area (Å²) in [6.45, 7) is 18.8. The van der Waals surface area contributed by atoms with Gasteiger partial charge in [-0.05, 0) is 88.1 Å². The summed E-state index contributed by atoms with van der Waals surface area (Å²) in [6, 6.07) is 17.6. The number of piperazine rings is 2. The van der Waals surface area contributed by atoms with E-state index < -0.39 is 5.60 Å². The van der Waals surface area contributed by atoms with Crippen LogP contribution in [-0.2, 0) is 9.47 Å². The number of hydrogen-bond acceptors (Lipinski definition) is 11. The number of pyridine rings is 4. The second kappa shape index (κ2) is 23.0. The molecule has 4 aromatic heterocycles. The van der Waals surface area contributed by atoms with E-state index in [-0.39, 0.29) is 29.2 Å². The van der Waals surface area contributed by atoms with E-state index >= 15 is 0 Å². The third-order valence-corrected chi connectivity index (χ3v) is 8.56. The van der Waals surface area contributed by atoms with Gasteiger partial charge in [0.15, 0.2) is 0 Å². The Balaban J connectivity index is 0.000000236. The van der Waals surface area contributed by atoms with E-state index in [4.69, 9.17) is 26.3 Å². The molecule has 2 amide bonds. The predicted molar refractivity (Wildman–Crippen MR) is 218 cm³/mol. The standard InChI is InChI=1S/C20H26N4O2.C11H9ClN2.C9H18N2O2.C2H3N/c1-20(2,3)26-19(25)24-12-10-23(11-13-24)18(16-6-4-8-21-14-16)17-7-5-9-22-15-17;12-11(9-3-1-5-13-7-9)10-4-2-6-14-8-10;1-9(2,3)13-8(12)11-6-4-10-5-7-11;1-2-3/h4-9,14-15,18H,10-13H2,1-3H3;1-8,11H;10H,4-7H2,1-3H3;1H3. The van der Waals surface area contributed by atoms with Crippen LogP contribution in [0.3, 0.4) is 0 Å². The van der Waals surface area contributed by atoms with E-state index in [2.05, 4.69) is 42.3 Å². The number of nitrogens with zero attached hydrogens (tertiary/aromatic N) is 8. The molecule has 2 aliphatic rings. The Morgan fingerprint density at radius 2 is 1.00 bits per heavy atom. The molecule has 0 bridgehead atoms. The minimum absolute atomic E-state index is 0.0817. The highest BCUT2D eigenvalue weighted by Crippen LogP contribution is 2.29. The van der Waals surface area contributed by atoms with Crippen molar-refractivity contribution in [1.82, 2.24) is 40.0 Å². The highest BCUT2D eigenvalue weighted by atomic mass is 35.5. The van der Waals surface area contributed by atoms with Crippen LogP contribution in [0.1, 0.15) is 82.1 Å². The normalized spacial score (nSPS) is 14.4. The van der Waals surface area contributed by atoms with Crippen molar-refractivity contribution >= 4 is 23.8 Å². The van der Waals surface area contributed by atoms with Gasteiger partial charge >= 0.3 is 12.2 Å². The smallest absolute Gasteiger partial charge is 0.410 e. The Labute approximate surface area is 337 Å². The lowest BCUT2D eigenvalue weighted by Gasteiger charge is -2.39. The molecule has 6 rings (SSSR count). The van der Waals surface area contributed by atoms with Gasteiger partial charge in [0.25, 0.3) is 0 Å². The Morgan fingerprint density at radius 3 is 1.32 bits per heavy atom. The summed E-state index contributed by atoms with van der Waals surface area (Å²) in [6.07, 6.45) is 13.9. The van der Waals surface area contributed by atoms with E-state index in [1.165, 1.54) is 6.92 Å². The number of alkyl halides is 1. The monoisotopic (exact) mass is 785 g/mol. The summed E-state index contributed by atoms with van der Waals surface area (Å²) < 4.78 is 10.7. The lowest BCUT2D eigenvalue weighted by molar-refractivity contribution is 0.0118. The van der Waals surface area contributed by atoms with Crippen LogP contribution in [0.4, 0.5) is 9.59 Å². The van der Waals surface area contributed by atoms with Crippen molar-refractivity contribution in [2.24, 2.45) is 0 Å². The van der Waals surface area contributed by atoms with Crippen LogP contribution < -0.4 is 5.32 Å². The molecule has 2 aliphatic heterocycles. The molecule has 300 valence electrons. The van der Waals surface area contributed by atoms with Crippen LogP contribution in [0.5, 0.6) is 0 Å². The van der Waals surface area contributed by atoms with Gasteiger partial charge in [-0.1, -0.05) is 24.3 Å². The van der Waals surface area contributed by atoms with Crippen molar-refractivity contribution in [1.29, 1.82) is 5.26 Å². The van der Waals surface area contributed by atoms with Gasteiger partial charge in [0.05, 0.1) is 17.5 Å². The highest BCUT2D eigenvalue weighted by molar-refractivity contribution is 6.22. The zero-order valence-electron chi connectivity index (χ0n) is 33.6. The zero-order valence-corrected chi connectivity index (χ0v) is 34.4. The number of hydrogen-bond donors (Lipinski definition) is 1. The molecule has 2 fully saturated rings. The lowest BCUT2D eigenvalue weighted by Crippen LogP contribution is -2.51. The molecule has 0 aliphatic carbocycles. The summed E-state index contributed by atoms with van der Waals surface area (Å²) in [5.41, 5.74) is 3.38. The largest absolute Gasteiger partial charge is 0.444 e. The van der Waals surface area contributed by atoms with Crippen LogP contribution in [0.25, 0.3) is 0 Å². The quantitative estimate of drug-likeness (QED) is 0.204. The van der Waals surface area contributed by atoms with Gasteiger partial charge in [-0.25, -0.2) is 9.59 Å². The molecular formula is C42H56ClN9O4. The maximum Gasteiger partial charge on any atom is 0.410 e. The van der Waals surface area contributed by atoms with Gasteiger partial charge in [-0.3, -0.25) is 24.8 Å². The number of carbonyl (C=O) groups is 2. The molecule has 0 radical (unpaired) electrons. The Hall–Kier alpha value is -5.16. The number of amides is 2. The Bertz CT molecular complexity index is 1660. The third-order valence-electron chi connectivity index (χ3n) is 8.05. The molecule has 0 aromatic carbocycles. The summed E-state index contributed by atoms with van der Waals surface area (Å²) in [7, 11) is 0. The van der Waals surface area contributed by atoms with Gasteiger partial charge in [0.1, 0.15) is 11.2 Å². The predicted octanol–water partition coefficient (Wildman–Crippen LogP) is 7.28. The first-order valence-electron chi connectivity index (χ1n) is 18.7. The summed E-state index contributed by atoms with van der Waals surface area (Å²) in [4.78, 5) is 46.3. The molecule has 0 unspecified atom stereocenters. The molecule has 0 saturated carbocycles. The molecule has 0 spiro atoms. The van der Waals surface area contributed by atoms with Gasteiger partial charge in [-0.15, -0.1) is 11.6 Å². The van der Waals surface area contributed by atoms with E-state index in [1.807, 2.05) is 90.3 Å². The average molecular weight is 786 g/mol. The minimum Gasteiger partial charge on any atom is -0.444 e. The number of aromatic nitrogens is 4. The lowest BCUT2D eigenvalue weighted by atomic mass is 9.99. The number of nitriles is 1. The summed E-state index contributed by atoms with van der Waals surface area (Å²) in [5, 5.41) is 10.3. The van der Waals surface area contributed by atoms with Crippen LogP contribution in [-0.4, -0.2) is 110 Å². The first-order chi connectivity index (χ1) is 26.7. The van der Waals surface area contributed by atoms with Crippen molar-refractivity contribution in [2.45, 2.75) is 71.1 Å². The summed E-state index contributed by atoms with van der Waals surface area (Å²) >= 11 is 6.25. The van der Waals surface area contributed by atoms with Crippen molar-refractivity contribution in [3.8, 4) is 6.07 Å². The fraction of sp³-hybridized carbons (Fsp3) is 0.452. The summed E-state index contributed by atoms with van der Waals surface area (Å²) in [5.74, 6) is 0. The fourth-order valence-electron chi connectivity index (χ4n) is 5.60. The topological polar surface area (TPSA) is 150 Å². The third kappa shape index (κ3) is 16.3. The van der Waals surface area contributed by atoms with Crippen LogP contribution in [0.2, 0.25) is 0 Å². The van der Waals surface area contributed by atoms with Crippen LogP contribution >= 0.6 is 11.6 Å². The number of ether oxygens (including phenoxy) is 2. The molecule has 6 heterocycles. The van der Waals surface area contributed by atoms with E-state index in [9.17, 15) is 9.59 Å². The first-order valence-corrected chi connectivity index (χ1v) is 19.1. The minimum atomic E-state index is -0.470. The zero-order chi connectivity index (χ0) is 41.0. The SMILES string of the molecule is CC#N.CC(C)(C)OC(=O)N1CCN(C(c2cccnc2)c2cccnc2)CC1.CC(C)(C)OC(=O)N1CCNCC1.ClC(c1cccnc1)c1cccnc1. The fourth-order valence-corrected chi connectivity index (χ4v) is 5.85. The highest BCUT2D eigenvalue weighted by Gasteiger charge is 2.30. The Morgan fingerprint density at radius 1 is 0.661 bits per heavy atom. The number of halogens is 1. The van der Waals surface area contributed by atoms with Crippen molar-refractivity contribution in [3.63, 3.8) is 0 Å².